The number of aryl methyl sites for hydroxylation is 1. The smallest absolute Gasteiger partial charge is 0.371 e. The zero-order valence-corrected chi connectivity index (χ0v) is 9.58. The number of carbonyl (C=O) groups excluding carboxylic acids is 1. The van der Waals surface area contributed by atoms with E-state index in [0.717, 1.165) is 0 Å². The van der Waals surface area contributed by atoms with Gasteiger partial charge in [0.1, 0.15) is 11.5 Å². The Morgan fingerprint density at radius 2 is 2.22 bits per heavy atom. The van der Waals surface area contributed by atoms with Gasteiger partial charge in [-0.15, -0.1) is 0 Å². The highest BCUT2D eigenvalue weighted by atomic mass is 16.4. The summed E-state index contributed by atoms with van der Waals surface area (Å²) in [6.45, 7) is 0.122. The first-order chi connectivity index (χ1) is 8.58. The van der Waals surface area contributed by atoms with Crippen LogP contribution in [0.5, 0.6) is 0 Å². The molecule has 7 nitrogen and oxygen atoms in total. The predicted octanol–water partition coefficient (Wildman–Crippen LogP) is 0.641. The molecule has 94 valence electrons. The van der Waals surface area contributed by atoms with Gasteiger partial charge in [0.15, 0.2) is 0 Å². The van der Waals surface area contributed by atoms with Crippen molar-refractivity contribution in [3.63, 3.8) is 0 Å². The Hall–Kier alpha value is -2.57. The molecule has 0 saturated heterocycles. The molecule has 0 unspecified atom stereocenters. The molecule has 0 fully saturated rings. The van der Waals surface area contributed by atoms with E-state index in [9.17, 15) is 9.59 Å². The van der Waals surface area contributed by atoms with Crippen LogP contribution in [0.2, 0.25) is 0 Å². The van der Waals surface area contributed by atoms with Gasteiger partial charge < -0.3 is 14.8 Å². The van der Waals surface area contributed by atoms with Gasteiger partial charge in [-0.2, -0.15) is 5.10 Å². The van der Waals surface area contributed by atoms with E-state index >= 15 is 0 Å². The molecule has 18 heavy (non-hydrogen) atoms. The summed E-state index contributed by atoms with van der Waals surface area (Å²) in [5, 5.41) is 15.2. The number of rotatable bonds is 4. The molecule has 0 radical (unpaired) electrons. The fourth-order valence-corrected chi connectivity index (χ4v) is 1.44. The SMILES string of the molecule is Cn1nccc1C(=O)NCc1ccc(C(=O)O)o1. The molecule has 2 rings (SSSR count). The Morgan fingerprint density at radius 3 is 2.78 bits per heavy atom. The van der Waals surface area contributed by atoms with Gasteiger partial charge in [0.25, 0.3) is 5.91 Å². The normalized spacial score (nSPS) is 10.3. The summed E-state index contributed by atoms with van der Waals surface area (Å²) in [7, 11) is 1.66. The Kier molecular flexibility index (Phi) is 3.13. The minimum Gasteiger partial charge on any atom is -0.475 e. The highest BCUT2D eigenvalue weighted by Crippen LogP contribution is 2.07. The number of carboxylic acid groups (broad SMARTS) is 1. The van der Waals surface area contributed by atoms with E-state index in [1.165, 1.54) is 23.0 Å². The van der Waals surface area contributed by atoms with Gasteiger partial charge in [0, 0.05) is 13.2 Å². The van der Waals surface area contributed by atoms with E-state index in [2.05, 4.69) is 10.4 Å². The fourth-order valence-electron chi connectivity index (χ4n) is 1.44. The van der Waals surface area contributed by atoms with E-state index in [-0.39, 0.29) is 18.2 Å². The van der Waals surface area contributed by atoms with Crippen molar-refractivity contribution in [1.29, 1.82) is 0 Å². The third-order valence-electron chi connectivity index (χ3n) is 2.35. The zero-order valence-electron chi connectivity index (χ0n) is 9.58. The molecule has 2 heterocycles. The summed E-state index contributed by atoms with van der Waals surface area (Å²) >= 11 is 0. The molecule has 0 aromatic carbocycles. The van der Waals surface area contributed by atoms with Gasteiger partial charge in [0.05, 0.1) is 6.54 Å². The molecule has 0 aliphatic rings. The number of nitrogens with zero attached hydrogens (tertiary/aromatic N) is 2. The topological polar surface area (TPSA) is 97.4 Å². The maximum Gasteiger partial charge on any atom is 0.371 e. The summed E-state index contributed by atoms with van der Waals surface area (Å²) in [6.07, 6.45) is 1.52. The molecule has 2 aromatic heterocycles. The lowest BCUT2D eigenvalue weighted by Crippen LogP contribution is -2.24. The molecule has 7 heteroatoms. The van der Waals surface area contributed by atoms with Crippen molar-refractivity contribution in [2.75, 3.05) is 0 Å². The molecule has 0 saturated carbocycles. The number of aromatic nitrogens is 2. The maximum atomic E-state index is 11.7. The van der Waals surface area contributed by atoms with Gasteiger partial charge in [-0.3, -0.25) is 9.48 Å². The number of aromatic carboxylic acids is 1. The first-order valence-electron chi connectivity index (χ1n) is 5.16. The van der Waals surface area contributed by atoms with Crippen LogP contribution in [0.3, 0.4) is 0 Å². The molecular weight excluding hydrogens is 238 g/mol. The monoisotopic (exact) mass is 249 g/mol. The van der Waals surface area contributed by atoms with Crippen LogP contribution in [0, 0.1) is 0 Å². The Balaban J connectivity index is 1.97. The number of hydrogen-bond donors (Lipinski definition) is 2. The van der Waals surface area contributed by atoms with Gasteiger partial charge >= 0.3 is 5.97 Å². The quantitative estimate of drug-likeness (QED) is 0.828. The Morgan fingerprint density at radius 1 is 1.44 bits per heavy atom. The minimum absolute atomic E-state index is 0.122. The van der Waals surface area contributed by atoms with E-state index in [1.54, 1.807) is 13.1 Å². The second-order valence-electron chi connectivity index (χ2n) is 3.59. The van der Waals surface area contributed by atoms with Crippen LogP contribution in [0.25, 0.3) is 0 Å². The molecule has 0 atom stereocenters. The van der Waals surface area contributed by atoms with Crippen LogP contribution in [-0.4, -0.2) is 26.8 Å². The van der Waals surface area contributed by atoms with Crippen molar-refractivity contribution in [1.82, 2.24) is 15.1 Å². The highest BCUT2D eigenvalue weighted by Gasteiger charge is 2.12. The zero-order chi connectivity index (χ0) is 13.1. The number of nitrogens with one attached hydrogen (secondary N) is 1. The lowest BCUT2D eigenvalue weighted by Gasteiger charge is -2.03. The summed E-state index contributed by atoms with van der Waals surface area (Å²) in [6, 6.07) is 4.43. The van der Waals surface area contributed by atoms with Crippen LogP contribution in [0.15, 0.2) is 28.8 Å². The van der Waals surface area contributed by atoms with Crippen LogP contribution in [0.1, 0.15) is 26.8 Å². The minimum atomic E-state index is -1.14. The van der Waals surface area contributed by atoms with Gasteiger partial charge in [0.2, 0.25) is 5.76 Å². The number of carboxylic acids is 1. The van der Waals surface area contributed by atoms with Gasteiger partial charge in [-0.25, -0.2) is 4.79 Å². The van der Waals surface area contributed by atoms with Crippen LogP contribution in [0.4, 0.5) is 0 Å². The lowest BCUT2D eigenvalue weighted by molar-refractivity contribution is 0.0660. The summed E-state index contributed by atoms with van der Waals surface area (Å²) in [5.41, 5.74) is 0.417. The first-order valence-corrected chi connectivity index (χ1v) is 5.16. The van der Waals surface area contributed by atoms with Crippen molar-refractivity contribution in [3.8, 4) is 0 Å². The maximum absolute atomic E-state index is 11.7. The van der Waals surface area contributed by atoms with E-state index in [4.69, 9.17) is 9.52 Å². The van der Waals surface area contributed by atoms with E-state index in [0.29, 0.717) is 11.5 Å². The largest absolute Gasteiger partial charge is 0.475 e. The number of hydrogen-bond acceptors (Lipinski definition) is 4. The average molecular weight is 249 g/mol. The molecule has 2 aromatic rings. The standard InChI is InChI=1S/C11H11N3O4/c1-14-8(4-5-13-14)10(15)12-6-7-2-3-9(18-7)11(16)17/h2-5H,6H2,1H3,(H,12,15)(H,16,17). The van der Waals surface area contributed by atoms with Crippen LogP contribution < -0.4 is 5.32 Å². The summed E-state index contributed by atoms with van der Waals surface area (Å²) in [5.74, 6) is -1.22. The van der Waals surface area contributed by atoms with Crippen molar-refractivity contribution in [2.45, 2.75) is 6.54 Å². The summed E-state index contributed by atoms with van der Waals surface area (Å²) < 4.78 is 6.45. The predicted molar refractivity (Wildman–Crippen MR) is 60.0 cm³/mol. The van der Waals surface area contributed by atoms with Crippen LogP contribution in [-0.2, 0) is 13.6 Å². The molecule has 0 spiro atoms. The molecule has 1 amide bonds. The second kappa shape index (κ2) is 4.74. The molecule has 0 aliphatic carbocycles. The van der Waals surface area contributed by atoms with Gasteiger partial charge in [-0.1, -0.05) is 0 Å². The average Bonchev–Trinajstić information content (AvgIpc) is 2.94. The fraction of sp³-hybridized carbons (Fsp3) is 0.182. The van der Waals surface area contributed by atoms with Gasteiger partial charge in [-0.05, 0) is 18.2 Å². The third-order valence-corrected chi connectivity index (χ3v) is 2.35. The molecule has 0 aliphatic heterocycles. The van der Waals surface area contributed by atoms with Crippen molar-refractivity contribution in [3.05, 3.63) is 41.6 Å². The molecule has 0 bridgehead atoms. The van der Waals surface area contributed by atoms with E-state index in [1.807, 2.05) is 0 Å². The van der Waals surface area contributed by atoms with E-state index < -0.39 is 5.97 Å². The number of amides is 1. The Bertz CT molecular complexity index is 585. The highest BCUT2D eigenvalue weighted by molar-refractivity contribution is 5.92. The number of furan rings is 1. The molecular formula is C11H11N3O4. The Labute approximate surface area is 102 Å². The summed E-state index contributed by atoms with van der Waals surface area (Å²) in [4.78, 5) is 22.3. The third kappa shape index (κ3) is 2.40. The van der Waals surface area contributed by atoms with Crippen molar-refractivity contribution in [2.24, 2.45) is 7.05 Å². The first kappa shape index (κ1) is 11.9. The lowest BCUT2D eigenvalue weighted by atomic mass is 10.3. The second-order valence-corrected chi connectivity index (χ2v) is 3.59. The van der Waals surface area contributed by atoms with Crippen molar-refractivity contribution < 1.29 is 19.1 Å². The van der Waals surface area contributed by atoms with Crippen LogP contribution >= 0.6 is 0 Å². The molecule has 2 N–H and O–H groups in total. The van der Waals surface area contributed by atoms with Crippen molar-refractivity contribution >= 4 is 11.9 Å². The number of carbonyl (C=O) groups is 2.